The van der Waals surface area contributed by atoms with Crippen LogP contribution < -0.4 is 15.4 Å². The Balaban J connectivity index is 1.66. The molecule has 1 fully saturated rings. The molecule has 0 unspecified atom stereocenters. The van der Waals surface area contributed by atoms with E-state index in [0.717, 1.165) is 0 Å². The predicted molar refractivity (Wildman–Crippen MR) is 114 cm³/mol. The molecule has 162 valence electrons. The molecule has 3 N–H and O–H groups in total. The molecule has 1 heterocycles. The number of ether oxygens (including phenoxy) is 2. The fourth-order valence-corrected chi connectivity index (χ4v) is 3.63. The minimum absolute atomic E-state index is 0.144. The number of methoxy groups -OCH3 is 1. The Morgan fingerprint density at radius 2 is 1.90 bits per heavy atom. The third kappa shape index (κ3) is 4.99. The monoisotopic (exact) mass is 415 g/mol. The number of fused-ring (bicyclic) bond motifs is 1. The molecule has 1 aromatic carbocycles. The predicted octanol–water partition coefficient (Wildman–Crippen LogP) is 3.38. The van der Waals surface area contributed by atoms with Gasteiger partial charge in [-0.05, 0) is 64.7 Å². The van der Waals surface area contributed by atoms with E-state index in [2.05, 4.69) is 15.6 Å². The molecule has 2 aromatic rings. The Hall–Kier alpha value is -2.87. The Kier molecular flexibility index (Phi) is 6.17. The third-order valence-electron chi connectivity index (χ3n) is 5.15. The van der Waals surface area contributed by atoms with E-state index in [9.17, 15) is 14.7 Å². The topological polar surface area (TPSA) is 110 Å². The lowest BCUT2D eigenvalue weighted by Crippen LogP contribution is -2.50. The Morgan fingerprint density at radius 3 is 2.53 bits per heavy atom. The third-order valence-corrected chi connectivity index (χ3v) is 5.15. The number of hydrogen-bond donors (Lipinski definition) is 3. The normalized spacial score (nSPS) is 21.7. The molecule has 0 atom stereocenters. The molecule has 0 radical (unpaired) electrons. The van der Waals surface area contributed by atoms with Crippen molar-refractivity contribution in [3.8, 4) is 5.75 Å². The fourth-order valence-electron chi connectivity index (χ4n) is 3.63. The highest BCUT2D eigenvalue weighted by atomic mass is 16.6. The number of pyridine rings is 1. The van der Waals surface area contributed by atoms with Gasteiger partial charge in [0.1, 0.15) is 17.0 Å². The molecule has 0 spiro atoms. The van der Waals surface area contributed by atoms with Gasteiger partial charge < -0.3 is 25.2 Å². The van der Waals surface area contributed by atoms with Crippen LogP contribution in [0.5, 0.6) is 5.75 Å². The summed E-state index contributed by atoms with van der Waals surface area (Å²) in [5.74, 6) is 0.116. The summed E-state index contributed by atoms with van der Waals surface area (Å²) in [5.41, 5.74) is -0.869. The van der Waals surface area contributed by atoms with E-state index < -0.39 is 23.2 Å². The highest BCUT2D eigenvalue weighted by Gasteiger charge is 2.40. The van der Waals surface area contributed by atoms with Gasteiger partial charge in [0.05, 0.1) is 23.7 Å². The van der Waals surface area contributed by atoms with Gasteiger partial charge in [0, 0.05) is 12.2 Å². The zero-order chi connectivity index (χ0) is 21.9. The summed E-state index contributed by atoms with van der Waals surface area (Å²) in [4.78, 5) is 29.2. The summed E-state index contributed by atoms with van der Waals surface area (Å²) in [7, 11) is 1.56. The van der Waals surface area contributed by atoms with Gasteiger partial charge in [-0.2, -0.15) is 0 Å². The summed E-state index contributed by atoms with van der Waals surface area (Å²) in [6.45, 7) is 5.40. The van der Waals surface area contributed by atoms with Gasteiger partial charge in [0.25, 0.3) is 5.91 Å². The van der Waals surface area contributed by atoms with Gasteiger partial charge in [0.2, 0.25) is 0 Å². The first-order valence-corrected chi connectivity index (χ1v) is 10.1. The number of carbonyl (C=O) groups excluding carboxylic acids is 2. The highest BCUT2D eigenvalue weighted by Crippen LogP contribution is 2.34. The second-order valence-corrected chi connectivity index (χ2v) is 8.62. The Bertz CT molecular complexity index is 925. The molecule has 0 bridgehead atoms. The van der Waals surface area contributed by atoms with Crippen LogP contribution in [0, 0.1) is 0 Å². The summed E-state index contributed by atoms with van der Waals surface area (Å²) in [6, 6.07) is 6.99. The van der Waals surface area contributed by atoms with E-state index in [1.165, 1.54) is 0 Å². The van der Waals surface area contributed by atoms with Crippen molar-refractivity contribution >= 4 is 28.6 Å². The number of amides is 2. The van der Waals surface area contributed by atoms with Crippen molar-refractivity contribution in [1.29, 1.82) is 0 Å². The number of hydrogen-bond acceptors (Lipinski definition) is 6. The van der Waals surface area contributed by atoms with Crippen LogP contribution in [0.4, 0.5) is 10.5 Å². The minimum Gasteiger partial charge on any atom is -0.496 e. The smallest absolute Gasteiger partial charge is 0.407 e. The first kappa shape index (κ1) is 21.8. The van der Waals surface area contributed by atoms with Gasteiger partial charge in [-0.15, -0.1) is 0 Å². The van der Waals surface area contributed by atoms with E-state index in [4.69, 9.17) is 9.47 Å². The summed E-state index contributed by atoms with van der Waals surface area (Å²) in [6.07, 6.45) is 2.53. The number of alkyl carbamates (subject to hydrolysis) is 1. The van der Waals surface area contributed by atoms with Crippen molar-refractivity contribution in [3.63, 3.8) is 0 Å². The number of anilines is 1. The standard InChI is InChI=1S/C22H29N3O5/c1-21(2,3)30-20(27)24-14-8-11-22(28,12-9-14)19(26)25-16-10-13-23-15-6-5-7-17(29-4)18(15)16/h5-7,10,13-14,28H,8-9,11-12H2,1-4H3,(H,24,27)(H,23,25,26). The summed E-state index contributed by atoms with van der Waals surface area (Å²) in [5, 5.41) is 17.3. The first-order chi connectivity index (χ1) is 14.1. The Morgan fingerprint density at radius 1 is 1.20 bits per heavy atom. The molecular weight excluding hydrogens is 386 g/mol. The number of aromatic nitrogens is 1. The molecular formula is C22H29N3O5. The zero-order valence-corrected chi connectivity index (χ0v) is 17.8. The lowest BCUT2D eigenvalue weighted by Gasteiger charge is -2.35. The van der Waals surface area contributed by atoms with Crippen molar-refractivity contribution in [2.24, 2.45) is 0 Å². The molecule has 30 heavy (non-hydrogen) atoms. The fraction of sp³-hybridized carbons (Fsp3) is 0.500. The van der Waals surface area contributed by atoms with Crippen LogP contribution in [-0.2, 0) is 9.53 Å². The molecule has 1 saturated carbocycles. The van der Waals surface area contributed by atoms with Gasteiger partial charge in [-0.25, -0.2) is 4.79 Å². The van der Waals surface area contributed by atoms with Crippen molar-refractivity contribution in [1.82, 2.24) is 10.3 Å². The molecule has 0 saturated heterocycles. The van der Waals surface area contributed by atoms with Crippen molar-refractivity contribution in [2.75, 3.05) is 12.4 Å². The first-order valence-electron chi connectivity index (χ1n) is 10.1. The van der Waals surface area contributed by atoms with Gasteiger partial charge in [-0.1, -0.05) is 6.07 Å². The molecule has 2 amide bonds. The molecule has 1 aromatic heterocycles. The molecule has 8 nitrogen and oxygen atoms in total. The number of nitrogens with zero attached hydrogens (tertiary/aromatic N) is 1. The van der Waals surface area contributed by atoms with Crippen molar-refractivity contribution < 1.29 is 24.2 Å². The van der Waals surface area contributed by atoms with Crippen LogP contribution in [0.2, 0.25) is 0 Å². The molecule has 1 aliphatic rings. The minimum atomic E-state index is -1.51. The van der Waals surface area contributed by atoms with Crippen molar-refractivity contribution in [3.05, 3.63) is 30.5 Å². The number of aliphatic hydroxyl groups is 1. The summed E-state index contributed by atoms with van der Waals surface area (Å²) < 4.78 is 10.7. The summed E-state index contributed by atoms with van der Waals surface area (Å²) >= 11 is 0. The Labute approximate surface area is 176 Å². The van der Waals surface area contributed by atoms with Crippen LogP contribution in [0.3, 0.4) is 0 Å². The quantitative estimate of drug-likeness (QED) is 0.706. The molecule has 1 aliphatic carbocycles. The van der Waals surface area contributed by atoms with E-state index in [1.54, 1.807) is 46.2 Å². The number of nitrogens with one attached hydrogen (secondary N) is 2. The van der Waals surface area contributed by atoms with Gasteiger partial charge in [-0.3, -0.25) is 9.78 Å². The largest absolute Gasteiger partial charge is 0.496 e. The van der Waals surface area contributed by atoms with Crippen LogP contribution in [-0.4, -0.2) is 46.4 Å². The maximum Gasteiger partial charge on any atom is 0.407 e. The van der Waals surface area contributed by atoms with Crippen LogP contribution >= 0.6 is 0 Å². The highest BCUT2D eigenvalue weighted by molar-refractivity contribution is 6.06. The van der Waals surface area contributed by atoms with Gasteiger partial charge >= 0.3 is 6.09 Å². The van der Waals surface area contributed by atoms with E-state index >= 15 is 0 Å². The zero-order valence-electron chi connectivity index (χ0n) is 17.8. The maximum absolute atomic E-state index is 12.9. The molecule has 3 rings (SSSR count). The average molecular weight is 415 g/mol. The van der Waals surface area contributed by atoms with E-state index in [1.807, 2.05) is 12.1 Å². The van der Waals surface area contributed by atoms with Gasteiger partial charge in [0.15, 0.2) is 0 Å². The maximum atomic E-state index is 12.9. The van der Waals surface area contributed by atoms with E-state index in [0.29, 0.717) is 35.2 Å². The molecule has 0 aliphatic heterocycles. The average Bonchev–Trinajstić information content (AvgIpc) is 2.68. The van der Waals surface area contributed by atoms with Crippen molar-refractivity contribution in [2.45, 2.75) is 63.7 Å². The SMILES string of the molecule is COc1cccc2nccc(NC(=O)C3(O)CCC(NC(=O)OC(C)(C)C)CC3)c12. The number of carbonyl (C=O) groups is 2. The number of benzene rings is 1. The van der Waals surface area contributed by atoms with Crippen LogP contribution in [0.15, 0.2) is 30.5 Å². The second kappa shape index (κ2) is 8.47. The lowest BCUT2D eigenvalue weighted by atomic mass is 9.81. The lowest BCUT2D eigenvalue weighted by molar-refractivity contribution is -0.137. The molecule has 8 heteroatoms. The van der Waals surface area contributed by atoms with E-state index in [-0.39, 0.29) is 18.9 Å². The van der Waals surface area contributed by atoms with Crippen LogP contribution in [0.25, 0.3) is 10.9 Å². The number of rotatable bonds is 4. The second-order valence-electron chi connectivity index (χ2n) is 8.62. The van der Waals surface area contributed by atoms with Crippen LogP contribution in [0.1, 0.15) is 46.5 Å².